The largest absolute Gasteiger partial charge is 0.300 e. The van der Waals surface area contributed by atoms with E-state index in [2.05, 4.69) is 12.7 Å². The molecule has 1 nitrogen and oxygen atoms in total. The fourth-order valence-electron chi connectivity index (χ4n) is 1.62. The van der Waals surface area contributed by atoms with Crippen LogP contribution in [0.1, 0.15) is 26.2 Å². The van der Waals surface area contributed by atoms with Crippen molar-refractivity contribution in [3.63, 3.8) is 0 Å². The zero-order valence-corrected chi connectivity index (χ0v) is 6.97. The Balaban J connectivity index is 2.61. The van der Waals surface area contributed by atoms with Crippen molar-refractivity contribution in [2.75, 3.05) is 0 Å². The van der Waals surface area contributed by atoms with Gasteiger partial charge in [-0.1, -0.05) is 18.7 Å². The molecule has 0 aromatic rings. The van der Waals surface area contributed by atoms with Crippen molar-refractivity contribution < 1.29 is 4.79 Å². The summed E-state index contributed by atoms with van der Waals surface area (Å²) in [6.45, 7) is 5.72. The van der Waals surface area contributed by atoms with E-state index in [0.29, 0.717) is 11.7 Å². The lowest BCUT2D eigenvalue weighted by Crippen LogP contribution is -1.96. The van der Waals surface area contributed by atoms with Crippen molar-refractivity contribution in [2.24, 2.45) is 5.92 Å². The zero-order valence-electron chi connectivity index (χ0n) is 6.97. The highest BCUT2D eigenvalue weighted by molar-refractivity contribution is 5.81. The molecule has 60 valence electrons. The van der Waals surface area contributed by atoms with E-state index in [4.69, 9.17) is 0 Å². The number of carbonyl (C=O) groups excluding carboxylic acids is 1. The fourth-order valence-corrected chi connectivity index (χ4v) is 1.62. The first-order valence-electron chi connectivity index (χ1n) is 4.08. The minimum absolute atomic E-state index is 0.399. The summed E-state index contributed by atoms with van der Waals surface area (Å²) in [4.78, 5) is 10.9. The molecule has 0 aliphatic heterocycles. The third kappa shape index (κ3) is 1.79. The molecule has 0 N–H and O–H groups in total. The van der Waals surface area contributed by atoms with E-state index < -0.39 is 0 Å². The normalized spacial score (nSPS) is 25.7. The van der Waals surface area contributed by atoms with Crippen LogP contribution in [0, 0.1) is 5.92 Å². The molecule has 1 aliphatic carbocycles. The Morgan fingerprint density at radius 3 is 2.82 bits per heavy atom. The lowest BCUT2D eigenvalue weighted by molar-refractivity contribution is -0.117. The van der Waals surface area contributed by atoms with Crippen LogP contribution in [-0.2, 0) is 4.79 Å². The van der Waals surface area contributed by atoms with E-state index in [1.54, 1.807) is 0 Å². The first kappa shape index (κ1) is 8.25. The first-order chi connectivity index (χ1) is 5.27. The van der Waals surface area contributed by atoms with Gasteiger partial charge in [0.25, 0.3) is 0 Å². The second kappa shape index (κ2) is 3.51. The predicted molar refractivity (Wildman–Crippen MR) is 46.3 cm³/mol. The molecule has 1 aliphatic rings. The highest BCUT2D eigenvalue weighted by Crippen LogP contribution is 2.28. The molecule has 0 aromatic heterocycles. The van der Waals surface area contributed by atoms with E-state index in [-0.39, 0.29) is 0 Å². The standard InChI is InChI=1S/C10H14O/c1-3-8(4-2)9-5-6-10(11)7-9/h3-4,9H,1,5-7H2,2H3/b8-4+. The van der Waals surface area contributed by atoms with Gasteiger partial charge in [0.1, 0.15) is 5.78 Å². The summed E-state index contributed by atoms with van der Waals surface area (Å²) in [5, 5.41) is 0. The molecule has 0 spiro atoms. The predicted octanol–water partition coefficient (Wildman–Crippen LogP) is 2.49. The smallest absolute Gasteiger partial charge is 0.133 e. The molecule has 1 unspecified atom stereocenters. The third-order valence-corrected chi connectivity index (χ3v) is 2.29. The number of hydrogen-bond acceptors (Lipinski definition) is 1. The van der Waals surface area contributed by atoms with Gasteiger partial charge in [0.2, 0.25) is 0 Å². The molecule has 1 heteroatoms. The average molecular weight is 150 g/mol. The Morgan fingerprint density at radius 2 is 2.45 bits per heavy atom. The van der Waals surface area contributed by atoms with E-state index in [0.717, 1.165) is 19.3 Å². The van der Waals surface area contributed by atoms with Gasteiger partial charge in [-0.25, -0.2) is 0 Å². The van der Waals surface area contributed by atoms with Crippen LogP contribution < -0.4 is 0 Å². The lowest BCUT2D eigenvalue weighted by atomic mass is 9.97. The number of carbonyl (C=O) groups is 1. The third-order valence-electron chi connectivity index (χ3n) is 2.29. The molecule has 1 fully saturated rings. The van der Waals surface area contributed by atoms with E-state index >= 15 is 0 Å². The molecular weight excluding hydrogens is 136 g/mol. The summed E-state index contributed by atoms with van der Waals surface area (Å²) in [6, 6.07) is 0. The SMILES string of the molecule is C=C/C(=C\C)C1CCC(=O)C1. The van der Waals surface area contributed by atoms with Gasteiger partial charge in [0.05, 0.1) is 0 Å². The van der Waals surface area contributed by atoms with Crippen molar-refractivity contribution in [1.29, 1.82) is 0 Å². The summed E-state index contributed by atoms with van der Waals surface area (Å²) in [7, 11) is 0. The molecule has 0 aromatic carbocycles. The van der Waals surface area contributed by atoms with Crippen LogP contribution >= 0.6 is 0 Å². The maximum Gasteiger partial charge on any atom is 0.133 e. The molecule has 1 rings (SSSR count). The summed E-state index contributed by atoms with van der Waals surface area (Å²) in [6.07, 6.45) is 6.42. The van der Waals surface area contributed by atoms with Gasteiger partial charge in [0.15, 0.2) is 0 Å². The molecule has 0 amide bonds. The van der Waals surface area contributed by atoms with Crippen molar-refractivity contribution in [3.05, 3.63) is 24.3 Å². The quantitative estimate of drug-likeness (QED) is 0.553. The Labute approximate surface area is 67.8 Å². The number of Topliss-reactive ketones (excluding diaryl/α,β-unsaturated/α-hetero) is 1. The van der Waals surface area contributed by atoms with Crippen LogP contribution in [0.4, 0.5) is 0 Å². The molecule has 0 saturated heterocycles. The van der Waals surface area contributed by atoms with E-state index in [1.807, 2.05) is 13.0 Å². The zero-order chi connectivity index (χ0) is 8.27. The van der Waals surface area contributed by atoms with Gasteiger partial charge >= 0.3 is 0 Å². The van der Waals surface area contributed by atoms with Gasteiger partial charge in [-0.15, -0.1) is 0 Å². The van der Waals surface area contributed by atoms with Crippen molar-refractivity contribution in [1.82, 2.24) is 0 Å². The first-order valence-corrected chi connectivity index (χ1v) is 4.08. The topological polar surface area (TPSA) is 17.1 Å². The van der Waals surface area contributed by atoms with Crippen LogP contribution in [0.2, 0.25) is 0 Å². The highest BCUT2D eigenvalue weighted by Gasteiger charge is 2.23. The molecule has 0 heterocycles. The fraction of sp³-hybridized carbons (Fsp3) is 0.500. The minimum Gasteiger partial charge on any atom is -0.300 e. The second-order valence-corrected chi connectivity index (χ2v) is 2.97. The van der Waals surface area contributed by atoms with Crippen LogP contribution in [0.25, 0.3) is 0 Å². The molecule has 1 atom stereocenters. The number of allylic oxidation sites excluding steroid dienone is 3. The van der Waals surface area contributed by atoms with E-state index in [1.165, 1.54) is 5.57 Å². The van der Waals surface area contributed by atoms with Gasteiger partial charge in [-0.2, -0.15) is 0 Å². The number of hydrogen-bond donors (Lipinski definition) is 0. The summed E-state index contributed by atoms with van der Waals surface area (Å²) >= 11 is 0. The van der Waals surface area contributed by atoms with Gasteiger partial charge in [-0.3, -0.25) is 4.79 Å². The van der Waals surface area contributed by atoms with Crippen molar-refractivity contribution >= 4 is 5.78 Å². The van der Waals surface area contributed by atoms with Crippen molar-refractivity contribution in [3.8, 4) is 0 Å². The van der Waals surface area contributed by atoms with Crippen LogP contribution in [0.3, 0.4) is 0 Å². The molecule has 11 heavy (non-hydrogen) atoms. The van der Waals surface area contributed by atoms with Crippen LogP contribution in [-0.4, -0.2) is 5.78 Å². The lowest BCUT2D eigenvalue weighted by Gasteiger charge is -2.07. The number of ketones is 1. The maximum absolute atomic E-state index is 10.9. The van der Waals surface area contributed by atoms with Gasteiger partial charge in [-0.05, 0) is 24.8 Å². The summed E-state index contributed by atoms with van der Waals surface area (Å²) < 4.78 is 0. The van der Waals surface area contributed by atoms with Crippen LogP contribution in [0.15, 0.2) is 24.3 Å². The van der Waals surface area contributed by atoms with Crippen LogP contribution in [0.5, 0.6) is 0 Å². The Morgan fingerprint density at radius 1 is 1.73 bits per heavy atom. The van der Waals surface area contributed by atoms with Gasteiger partial charge in [0, 0.05) is 12.8 Å². The van der Waals surface area contributed by atoms with E-state index in [9.17, 15) is 4.79 Å². The number of rotatable bonds is 2. The van der Waals surface area contributed by atoms with Crippen molar-refractivity contribution in [2.45, 2.75) is 26.2 Å². The summed E-state index contributed by atoms with van der Waals surface area (Å²) in [5.74, 6) is 0.862. The minimum atomic E-state index is 0.399. The molecular formula is C10H14O. The molecule has 1 saturated carbocycles. The van der Waals surface area contributed by atoms with Gasteiger partial charge < -0.3 is 0 Å². The Kier molecular flexibility index (Phi) is 2.64. The Hall–Kier alpha value is -0.850. The highest BCUT2D eigenvalue weighted by atomic mass is 16.1. The molecule has 0 bridgehead atoms. The maximum atomic E-state index is 10.9. The Bertz CT molecular complexity index is 201. The second-order valence-electron chi connectivity index (χ2n) is 2.97. The molecule has 0 radical (unpaired) electrons. The monoisotopic (exact) mass is 150 g/mol. The summed E-state index contributed by atoms with van der Waals surface area (Å²) in [5.41, 5.74) is 1.23. The average Bonchev–Trinajstić information content (AvgIpc) is 2.39.